The van der Waals surface area contributed by atoms with Crippen molar-refractivity contribution < 1.29 is 0 Å². The van der Waals surface area contributed by atoms with Crippen LogP contribution < -0.4 is 0 Å². The summed E-state index contributed by atoms with van der Waals surface area (Å²) in [6, 6.07) is 77.3. The van der Waals surface area contributed by atoms with Crippen molar-refractivity contribution >= 4 is 32.3 Å². The molecule has 1 spiro atoms. The summed E-state index contributed by atoms with van der Waals surface area (Å²) in [6.07, 6.45) is 0. The first-order chi connectivity index (χ1) is 31.5. The third kappa shape index (κ3) is 5.07. The summed E-state index contributed by atoms with van der Waals surface area (Å²) in [7, 11) is 0. The summed E-state index contributed by atoms with van der Waals surface area (Å²) in [6.45, 7) is 4.80. The lowest BCUT2D eigenvalue weighted by Gasteiger charge is -2.47. The van der Waals surface area contributed by atoms with E-state index in [1.807, 2.05) is 18.2 Å². The number of hydrogen-bond donors (Lipinski definition) is 0. The number of fused-ring (bicyclic) bond motifs is 15. The predicted octanol–water partition coefficient (Wildman–Crippen LogP) is 15.0. The Morgan fingerprint density at radius 2 is 0.719 bits per heavy atom. The summed E-state index contributed by atoms with van der Waals surface area (Å²) in [5.74, 6) is 1.92. The van der Waals surface area contributed by atoms with E-state index in [9.17, 15) is 0 Å². The van der Waals surface area contributed by atoms with Gasteiger partial charge in [-0.25, -0.2) is 15.0 Å². The molecule has 0 saturated carbocycles. The highest BCUT2D eigenvalue weighted by Gasteiger charge is 2.53. The Bertz CT molecular complexity index is 3630. The second-order valence-electron chi connectivity index (χ2n) is 17.8. The average molecular weight is 816 g/mol. The molecule has 0 N–H and O–H groups in total. The Morgan fingerprint density at radius 3 is 1.36 bits per heavy atom. The number of aromatic nitrogens is 3. The number of rotatable bonds is 4. The minimum absolute atomic E-state index is 0.342. The summed E-state index contributed by atoms with van der Waals surface area (Å²) < 4.78 is 0. The normalized spacial score (nSPS) is 14.0. The largest absolute Gasteiger partial charge is 0.208 e. The molecule has 3 nitrogen and oxygen atoms in total. The maximum Gasteiger partial charge on any atom is 0.164 e. The van der Waals surface area contributed by atoms with Crippen LogP contribution in [0.15, 0.2) is 212 Å². The smallest absolute Gasteiger partial charge is 0.164 e. The molecule has 11 aromatic rings. The van der Waals surface area contributed by atoms with Crippen LogP contribution in [0.25, 0.3) is 88.7 Å². The van der Waals surface area contributed by atoms with Crippen LogP contribution in [0.1, 0.15) is 47.2 Å². The van der Waals surface area contributed by atoms with Crippen molar-refractivity contribution in [3.63, 3.8) is 0 Å². The lowest BCUT2D eigenvalue weighted by atomic mass is 9.54. The van der Waals surface area contributed by atoms with Crippen molar-refractivity contribution in [3.05, 3.63) is 246 Å². The molecule has 10 aromatic carbocycles. The van der Waals surface area contributed by atoms with Crippen LogP contribution in [0.2, 0.25) is 0 Å². The van der Waals surface area contributed by atoms with Gasteiger partial charge in [-0.05, 0) is 94.0 Å². The number of hydrogen-bond acceptors (Lipinski definition) is 3. The van der Waals surface area contributed by atoms with Crippen molar-refractivity contribution in [2.45, 2.75) is 24.7 Å². The highest BCUT2D eigenvalue weighted by molar-refractivity contribution is 6.25. The zero-order valence-electron chi connectivity index (χ0n) is 35.5. The van der Waals surface area contributed by atoms with Crippen LogP contribution >= 0.6 is 0 Å². The van der Waals surface area contributed by atoms with Gasteiger partial charge in [0.1, 0.15) is 0 Å². The molecule has 0 fully saturated rings. The molecule has 300 valence electrons. The second-order valence-corrected chi connectivity index (χ2v) is 17.8. The third-order valence-corrected chi connectivity index (χ3v) is 14.2. The van der Waals surface area contributed by atoms with Crippen molar-refractivity contribution in [2.75, 3.05) is 0 Å². The van der Waals surface area contributed by atoms with Crippen molar-refractivity contribution in [1.82, 2.24) is 15.0 Å². The van der Waals surface area contributed by atoms with Gasteiger partial charge in [-0.2, -0.15) is 0 Å². The first-order valence-corrected chi connectivity index (χ1v) is 22.2. The van der Waals surface area contributed by atoms with Gasteiger partial charge in [0, 0.05) is 22.1 Å². The minimum atomic E-state index is -0.494. The lowest BCUT2D eigenvalue weighted by molar-refractivity contribution is 0.565. The van der Waals surface area contributed by atoms with Crippen molar-refractivity contribution in [3.8, 4) is 56.4 Å². The molecule has 0 bridgehead atoms. The summed E-state index contributed by atoms with van der Waals surface area (Å²) >= 11 is 0. The van der Waals surface area contributed by atoms with Gasteiger partial charge in [-0.15, -0.1) is 0 Å². The topological polar surface area (TPSA) is 38.7 Å². The fourth-order valence-electron chi connectivity index (χ4n) is 11.5. The minimum Gasteiger partial charge on any atom is -0.208 e. The van der Waals surface area contributed by atoms with Crippen LogP contribution in [0.4, 0.5) is 0 Å². The van der Waals surface area contributed by atoms with Gasteiger partial charge in [0.25, 0.3) is 0 Å². The molecule has 0 saturated heterocycles. The van der Waals surface area contributed by atoms with Gasteiger partial charge in [0.2, 0.25) is 0 Å². The lowest BCUT2D eigenvalue weighted by Crippen LogP contribution is -2.41. The van der Waals surface area contributed by atoms with E-state index in [0.717, 1.165) is 22.3 Å². The van der Waals surface area contributed by atoms with Crippen LogP contribution in [0, 0.1) is 0 Å². The standard InChI is InChI=1S/C61H41N3/c1-60(2)53-32-16-17-33-54(53)61(51-30-14-12-26-46(51)47-27-13-15-31-52(47)61)55-34-18-29-48(56(55)60)44-25-10-11-28-49(44)59-63-57(38-19-4-3-5-20-38)62-58(64-59)39-35-36-45-42-23-7-6-21-40(42)41-22-8-9-24-43(41)50(45)37-39/h3-37H,1-2H3. The number of nitrogens with zero attached hydrogens (tertiary/aromatic N) is 3. The molecule has 1 heterocycles. The summed E-state index contributed by atoms with van der Waals surface area (Å²) in [4.78, 5) is 16.0. The fraction of sp³-hybridized carbons (Fsp3) is 0.0656. The maximum atomic E-state index is 5.43. The molecule has 0 atom stereocenters. The fourth-order valence-corrected chi connectivity index (χ4v) is 11.5. The Labute approximate surface area is 372 Å². The van der Waals surface area contributed by atoms with Gasteiger partial charge in [-0.3, -0.25) is 0 Å². The van der Waals surface area contributed by atoms with Gasteiger partial charge in [0.05, 0.1) is 5.41 Å². The Balaban J connectivity index is 1.06. The zero-order chi connectivity index (χ0) is 42.6. The first kappa shape index (κ1) is 36.6. The molecule has 3 heteroatoms. The molecule has 64 heavy (non-hydrogen) atoms. The zero-order valence-corrected chi connectivity index (χ0v) is 35.5. The Kier molecular flexibility index (Phi) is 7.87. The summed E-state index contributed by atoms with van der Waals surface area (Å²) in [5.41, 5.74) is 14.9. The first-order valence-electron chi connectivity index (χ1n) is 22.2. The van der Waals surface area contributed by atoms with Gasteiger partial charge < -0.3 is 0 Å². The Hall–Kier alpha value is -8.01. The molecule has 2 aliphatic rings. The van der Waals surface area contributed by atoms with Gasteiger partial charge in [0.15, 0.2) is 17.5 Å². The van der Waals surface area contributed by atoms with E-state index in [4.69, 9.17) is 15.0 Å². The van der Waals surface area contributed by atoms with E-state index in [1.54, 1.807) is 0 Å². The monoisotopic (exact) mass is 815 g/mol. The second kappa shape index (κ2) is 13.7. The highest BCUT2D eigenvalue weighted by atomic mass is 15.0. The molecule has 0 amide bonds. The predicted molar refractivity (Wildman–Crippen MR) is 264 cm³/mol. The van der Waals surface area contributed by atoms with Crippen LogP contribution in [0.3, 0.4) is 0 Å². The third-order valence-electron chi connectivity index (χ3n) is 14.2. The van der Waals surface area contributed by atoms with Crippen molar-refractivity contribution in [2.24, 2.45) is 0 Å². The van der Waals surface area contributed by atoms with Gasteiger partial charge >= 0.3 is 0 Å². The summed E-state index contributed by atoms with van der Waals surface area (Å²) in [5, 5.41) is 7.33. The van der Waals surface area contributed by atoms with Crippen LogP contribution in [-0.4, -0.2) is 15.0 Å². The quantitative estimate of drug-likeness (QED) is 0.166. The molecule has 0 unspecified atom stereocenters. The molecular weight excluding hydrogens is 775 g/mol. The Morgan fingerprint density at radius 1 is 0.281 bits per heavy atom. The van der Waals surface area contributed by atoms with Crippen LogP contribution in [0.5, 0.6) is 0 Å². The van der Waals surface area contributed by atoms with E-state index < -0.39 is 5.41 Å². The number of benzene rings is 10. The molecule has 2 aliphatic carbocycles. The van der Waals surface area contributed by atoms with Gasteiger partial charge in [-0.1, -0.05) is 220 Å². The molecule has 13 rings (SSSR count). The van der Waals surface area contributed by atoms with E-state index in [-0.39, 0.29) is 5.41 Å². The van der Waals surface area contributed by atoms with E-state index in [1.165, 1.54) is 82.4 Å². The molecule has 0 radical (unpaired) electrons. The SMILES string of the molecule is CC1(C)c2ccccc2C2(c3ccccc3-c3ccccc32)c2cccc(-c3ccccc3-c3nc(-c4ccccc4)nc(-c4ccc5c6ccccc6c6ccccc6c5c4)n3)c21. The van der Waals surface area contributed by atoms with E-state index in [0.29, 0.717) is 17.5 Å². The molecular formula is C61H41N3. The van der Waals surface area contributed by atoms with Crippen LogP contribution in [-0.2, 0) is 10.8 Å². The average Bonchev–Trinajstić information content (AvgIpc) is 3.66. The van der Waals surface area contributed by atoms with E-state index in [2.05, 4.69) is 208 Å². The molecule has 0 aliphatic heterocycles. The maximum absolute atomic E-state index is 5.43. The van der Waals surface area contributed by atoms with E-state index >= 15 is 0 Å². The van der Waals surface area contributed by atoms with Crippen molar-refractivity contribution in [1.29, 1.82) is 0 Å². The molecule has 1 aromatic heterocycles. The highest BCUT2D eigenvalue weighted by Crippen LogP contribution is 2.63.